The summed E-state index contributed by atoms with van der Waals surface area (Å²) in [7, 11) is 1.49. The Morgan fingerprint density at radius 1 is 1.07 bits per heavy atom. The molecule has 7 heteroatoms. The first-order valence-electron chi connectivity index (χ1n) is 9.41. The molecule has 6 nitrogen and oxygen atoms in total. The van der Waals surface area contributed by atoms with E-state index in [-0.39, 0.29) is 29.5 Å². The number of pyridine rings is 1. The van der Waals surface area contributed by atoms with Crippen molar-refractivity contribution in [2.24, 2.45) is 5.92 Å². The minimum absolute atomic E-state index is 0.0360. The van der Waals surface area contributed by atoms with Gasteiger partial charge in [0.15, 0.2) is 0 Å². The molecule has 0 N–H and O–H groups in total. The quantitative estimate of drug-likeness (QED) is 0.813. The lowest BCUT2D eigenvalue weighted by atomic mass is 10.1. The average Bonchev–Trinajstić information content (AvgIpc) is 3.54. The Balaban J connectivity index is 1.34. The summed E-state index contributed by atoms with van der Waals surface area (Å²) in [6, 6.07) is 9.79. The Labute approximate surface area is 162 Å². The van der Waals surface area contributed by atoms with Crippen molar-refractivity contribution < 1.29 is 18.7 Å². The molecule has 1 saturated heterocycles. The number of halogens is 1. The predicted octanol–water partition coefficient (Wildman–Crippen LogP) is 2.32. The number of methoxy groups -OCH3 is 1. The molecule has 2 amide bonds. The Morgan fingerprint density at radius 3 is 2.43 bits per heavy atom. The maximum atomic E-state index is 13.1. The summed E-state index contributed by atoms with van der Waals surface area (Å²) in [4.78, 5) is 33.1. The van der Waals surface area contributed by atoms with Crippen LogP contribution in [0.3, 0.4) is 0 Å². The van der Waals surface area contributed by atoms with Crippen LogP contribution in [-0.2, 0) is 4.79 Å². The maximum Gasteiger partial charge on any atom is 0.259 e. The van der Waals surface area contributed by atoms with Gasteiger partial charge in [-0.05, 0) is 42.2 Å². The van der Waals surface area contributed by atoms with Gasteiger partial charge in [0, 0.05) is 38.3 Å². The minimum Gasteiger partial charge on any atom is -0.480 e. The molecule has 1 aromatic carbocycles. The number of carbonyl (C=O) groups is 2. The first-order chi connectivity index (χ1) is 13.6. The van der Waals surface area contributed by atoms with E-state index in [1.54, 1.807) is 35.4 Å². The number of benzene rings is 1. The zero-order valence-electron chi connectivity index (χ0n) is 15.7. The topological polar surface area (TPSA) is 62.7 Å². The van der Waals surface area contributed by atoms with Gasteiger partial charge in [0.25, 0.3) is 5.91 Å². The normalized spacial score (nSPS) is 21.4. The Bertz CT molecular complexity index is 879. The van der Waals surface area contributed by atoms with E-state index in [0.717, 1.165) is 12.0 Å². The fraction of sp³-hybridized carbons (Fsp3) is 0.381. The van der Waals surface area contributed by atoms with E-state index >= 15 is 0 Å². The molecule has 1 aromatic heterocycles. The van der Waals surface area contributed by atoms with E-state index in [0.29, 0.717) is 37.6 Å². The lowest BCUT2D eigenvalue weighted by molar-refractivity contribution is -0.134. The summed E-state index contributed by atoms with van der Waals surface area (Å²) in [6.07, 6.45) is 2.38. The number of aromatic nitrogens is 1. The number of piperazine rings is 1. The van der Waals surface area contributed by atoms with Crippen LogP contribution in [0.25, 0.3) is 0 Å². The van der Waals surface area contributed by atoms with Crippen LogP contribution in [0.15, 0.2) is 42.6 Å². The summed E-state index contributed by atoms with van der Waals surface area (Å²) in [5.74, 6) is 0.177. The van der Waals surface area contributed by atoms with E-state index in [1.165, 1.54) is 19.2 Å². The third-order valence-corrected chi connectivity index (χ3v) is 5.48. The zero-order chi connectivity index (χ0) is 19.7. The van der Waals surface area contributed by atoms with Gasteiger partial charge < -0.3 is 14.5 Å². The highest BCUT2D eigenvalue weighted by atomic mass is 19.1. The average molecular weight is 383 g/mol. The van der Waals surface area contributed by atoms with E-state index < -0.39 is 0 Å². The number of nitrogens with zero attached hydrogens (tertiary/aromatic N) is 3. The molecule has 28 heavy (non-hydrogen) atoms. The van der Waals surface area contributed by atoms with Crippen LogP contribution in [0.1, 0.15) is 28.3 Å². The summed E-state index contributed by atoms with van der Waals surface area (Å²) in [5.41, 5.74) is 1.44. The molecule has 2 fully saturated rings. The summed E-state index contributed by atoms with van der Waals surface area (Å²) in [6.45, 7) is 1.99. The third kappa shape index (κ3) is 3.56. The van der Waals surface area contributed by atoms with Crippen LogP contribution in [0.5, 0.6) is 5.88 Å². The second-order valence-corrected chi connectivity index (χ2v) is 7.18. The molecule has 2 unspecified atom stereocenters. The van der Waals surface area contributed by atoms with Crippen molar-refractivity contribution in [2.75, 3.05) is 33.3 Å². The van der Waals surface area contributed by atoms with Gasteiger partial charge in [-0.1, -0.05) is 12.1 Å². The van der Waals surface area contributed by atoms with Gasteiger partial charge in [-0.25, -0.2) is 9.37 Å². The molecule has 2 heterocycles. The van der Waals surface area contributed by atoms with Crippen molar-refractivity contribution in [2.45, 2.75) is 12.3 Å². The van der Waals surface area contributed by atoms with Crippen LogP contribution in [0.4, 0.5) is 4.39 Å². The van der Waals surface area contributed by atoms with Gasteiger partial charge >= 0.3 is 0 Å². The van der Waals surface area contributed by atoms with E-state index in [2.05, 4.69) is 4.98 Å². The standard InChI is InChI=1S/C21H22FN3O3/c1-28-19-16(3-2-8-23-19)20(26)24-9-11-25(12-10-24)21(27)18-13-17(18)14-4-6-15(22)7-5-14/h2-8,17-18H,9-13H2,1H3. The summed E-state index contributed by atoms with van der Waals surface area (Å²) >= 11 is 0. The molecule has 2 aromatic rings. The van der Waals surface area contributed by atoms with Gasteiger partial charge in [-0.3, -0.25) is 9.59 Å². The van der Waals surface area contributed by atoms with E-state index in [4.69, 9.17) is 4.74 Å². The third-order valence-electron chi connectivity index (χ3n) is 5.48. The second kappa shape index (κ2) is 7.58. The van der Waals surface area contributed by atoms with Crippen LogP contribution in [-0.4, -0.2) is 59.9 Å². The van der Waals surface area contributed by atoms with Gasteiger partial charge in [0.1, 0.15) is 11.4 Å². The molecule has 1 saturated carbocycles. The molecule has 2 atom stereocenters. The van der Waals surface area contributed by atoms with Crippen LogP contribution < -0.4 is 4.74 Å². The number of hydrogen-bond acceptors (Lipinski definition) is 4. The van der Waals surface area contributed by atoms with Gasteiger partial charge in [-0.15, -0.1) is 0 Å². The van der Waals surface area contributed by atoms with Gasteiger partial charge in [0.2, 0.25) is 11.8 Å². The minimum atomic E-state index is -0.265. The fourth-order valence-corrected chi connectivity index (χ4v) is 3.80. The predicted molar refractivity (Wildman–Crippen MR) is 101 cm³/mol. The van der Waals surface area contributed by atoms with Gasteiger partial charge in [0.05, 0.1) is 7.11 Å². The Kier molecular flexibility index (Phi) is 4.98. The van der Waals surface area contributed by atoms with Crippen molar-refractivity contribution in [3.8, 4) is 5.88 Å². The fourth-order valence-electron chi connectivity index (χ4n) is 3.80. The number of carbonyl (C=O) groups excluding carboxylic acids is 2. The van der Waals surface area contributed by atoms with Crippen molar-refractivity contribution in [3.63, 3.8) is 0 Å². The molecular formula is C21H22FN3O3. The van der Waals surface area contributed by atoms with Crippen molar-refractivity contribution in [3.05, 3.63) is 59.5 Å². The van der Waals surface area contributed by atoms with Crippen LogP contribution in [0.2, 0.25) is 0 Å². The maximum absolute atomic E-state index is 13.1. The molecule has 2 aliphatic rings. The van der Waals surface area contributed by atoms with Crippen molar-refractivity contribution in [1.82, 2.24) is 14.8 Å². The molecular weight excluding hydrogens is 361 g/mol. The molecule has 0 radical (unpaired) electrons. The van der Waals surface area contributed by atoms with Crippen LogP contribution in [0, 0.1) is 11.7 Å². The monoisotopic (exact) mass is 383 g/mol. The number of hydrogen-bond donors (Lipinski definition) is 0. The Hall–Kier alpha value is -2.96. The molecule has 4 rings (SSSR count). The smallest absolute Gasteiger partial charge is 0.259 e. The highest BCUT2D eigenvalue weighted by molar-refractivity contribution is 5.96. The molecule has 0 bridgehead atoms. The van der Waals surface area contributed by atoms with Crippen LogP contribution >= 0.6 is 0 Å². The van der Waals surface area contributed by atoms with Crippen molar-refractivity contribution >= 4 is 11.8 Å². The molecule has 146 valence electrons. The molecule has 0 spiro atoms. The first kappa shape index (κ1) is 18.4. The molecule has 1 aliphatic heterocycles. The second-order valence-electron chi connectivity index (χ2n) is 7.18. The summed E-state index contributed by atoms with van der Waals surface area (Å²) < 4.78 is 18.2. The van der Waals surface area contributed by atoms with Crippen molar-refractivity contribution in [1.29, 1.82) is 0 Å². The number of ether oxygens (including phenoxy) is 1. The highest BCUT2D eigenvalue weighted by Gasteiger charge is 2.46. The first-order valence-corrected chi connectivity index (χ1v) is 9.41. The van der Waals surface area contributed by atoms with E-state index in [9.17, 15) is 14.0 Å². The highest BCUT2D eigenvalue weighted by Crippen LogP contribution is 2.48. The SMILES string of the molecule is COc1ncccc1C(=O)N1CCN(C(=O)C2CC2c2ccc(F)cc2)CC1. The number of amides is 2. The lowest BCUT2D eigenvalue weighted by Crippen LogP contribution is -2.51. The largest absolute Gasteiger partial charge is 0.480 e. The number of rotatable bonds is 4. The summed E-state index contributed by atoms with van der Waals surface area (Å²) in [5, 5.41) is 0. The lowest BCUT2D eigenvalue weighted by Gasteiger charge is -2.35. The zero-order valence-corrected chi connectivity index (χ0v) is 15.7. The Morgan fingerprint density at radius 2 is 1.75 bits per heavy atom. The van der Waals surface area contributed by atoms with Gasteiger partial charge in [-0.2, -0.15) is 0 Å². The van der Waals surface area contributed by atoms with E-state index in [1.807, 2.05) is 4.90 Å². The molecule has 1 aliphatic carbocycles.